The van der Waals surface area contributed by atoms with Crippen LogP contribution in [0.4, 0.5) is 15.5 Å². The van der Waals surface area contributed by atoms with Gasteiger partial charge in [0.1, 0.15) is 10.8 Å². The van der Waals surface area contributed by atoms with E-state index in [1.54, 1.807) is 29.6 Å². The van der Waals surface area contributed by atoms with Crippen LogP contribution in [0.15, 0.2) is 35.7 Å². The SMILES string of the molecule is COc1cccc(NC(=O)Nc2sccc2C(=O)O)c1. The molecular formula is C13H12N2O4S. The molecule has 0 saturated heterocycles. The first-order chi connectivity index (χ1) is 9.60. The van der Waals surface area contributed by atoms with Gasteiger partial charge in [0, 0.05) is 11.8 Å². The van der Waals surface area contributed by atoms with Crippen LogP contribution >= 0.6 is 11.3 Å². The minimum absolute atomic E-state index is 0.0655. The molecule has 0 aliphatic heterocycles. The molecule has 0 bridgehead atoms. The number of anilines is 2. The highest BCUT2D eigenvalue weighted by Crippen LogP contribution is 2.23. The number of amides is 2. The van der Waals surface area contributed by atoms with Crippen molar-refractivity contribution >= 4 is 34.0 Å². The standard InChI is InChI=1S/C13H12N2O4S/c1-19-9-4-2-3-8(7-9)14-13(18)15-11-10(12(16)17)5-6-20-11/h2-7H,1H3,(H,16,17)(H2,14,15,18). The number of nitrogens with one attached hydrogen (secondary N) is 2. The average Bonchev–Trinajstić information content (AvgIpc) is 2.87. The largest absolute Gasteiger partial charge is 0.497 e. The summed E-state index contributed by atoms with van der Waals surface area (Å²) in [4.78, 5) is 22.7. The van der Waals surface area contributed by atoms with Gasteiger partial charge in [-0.2, -0.15) is 0 Å². The highest BCUT2D eigenvalue weighted by Gasteiger charge is 2.13. The van der Waals surface area contributed by atoms with Crippen LogP contribution < -0.4 is 15.4 Å². The van der Waals surface area contributed by atoms with E-state index in [4.69, 9.17) is 9.84 Å². The van der Waals surface area contributed by atoms with Crippen LogP contribution in [0.1, 0.15) is 10.4 Å². The van der Waals surface area contributed by atoms with Crippen LogP contribution in [0, 0.1) is 0 Å². The fourth-order valence-electron chi connectivity index (χ4n) is 1.54. The van der Waals surface area contributed by atoms with Crippen molar-refractivity contribution in [1.29, 1.82) is 0 Å². The topological polar surface area (TPSA) is 87.7 Å². The lowest BCUT2D eigenvalue weighted by atomic mass is 10.3. The van der Waals surface area contributed by atoms with Crippen LogP contribution in [-0.2, 0) is 0 Å². The molecule has 1 aromatic heterocycles. The first kappa shape index (κ1) is 13.9. The van der Waals surface area contributed by atoms with E-state index < -0.39 is 12.0 Å². The van der Waals surface area contributed by atoms with E-state index in [0.717, 1.165) is 11.3 Å². The number of carbonyl (C=O) groups is 2. The van der Waals surface area contributed by atoms with Gasteiger partial charge < -0.3 is 15.2 Å². The predicted octanol–water partition coefficient (Wildman–Crippen LogP) is 3.10. The van der Waals surface area contributed by atoms with Gasteiger partial charge in [0.2, 0.25) is 0 Å². The maximum atomic E-state index is 11.8. The summed E-state index contributed by atoms with van der Waals surface area (Å²) in [7, 11) is 1.53. The van der Waals surface area contributed by atoms with Crippen LogP contribution in [-0.4, -0.2) is 24.2 Å². The van der Waals surface area contributed by atoms with Gasteiger partial charge in [0.15, 0.2) is 0 Å². The monoisotopic (exact) mass is 292 g/mol. The number of carboxylic acid groups (broad SMARTS) is 1. The molecule has 0 fully saturated rings. The Hall–Kier alpha value is -2.54. The molecule has 0 aliphatic carbocycles. The lowest BCUT2D eigenvalue weighted by Gasteiger charge is -2.08. The molecule has 0 aliphatic rings. The van der Waals surface area contributed by atoms with Crippen molar-refractivity contribution in [2.75, 3.05) is 17.7 Å². The molecule has 2 rings (SSSR count). The Balaban J connectivity index is 2.05. The molecule has 0 spiro atoms. The maximum Gasteiger partial charge on any atom is 0.338 e. The predicted molar refractivity (Wildman–Crippen MR) is 76.9 cm³/mol. The Morgan fingerprint density at radius 2 is 2.05 bits per heavy atom. The van der Waals surface area contributed by atoms with Gasteiger partial charge in [-0.1, -0.05) is 6.07 Å². The molecule has 6 nitrogen and oxygen atoms in total. The van der Waals surface area contributed by atoms with E-state index in [9.17, 15) is 9.59 Å². The third-order valence-corrected chi connectivity index (χ3v) is 3.28. The van der Waals surface area contributed by atoms with Crippen molar-refractivity contribution in [3.8, 4) is 5.75 Å². The molecule has 1 aromatic carbocycles. The summed E-state index contributed by atoms with van der Waals surface area (Å²) in [6, 6.07) is 7.78. The molecule has 0 atom stereocenters. The Kier molecular flexibility index (Phi) is 4.21. The molecule has 3 N–H and O–H groups in total. The third-order valence-electron chi connectivity index (χ3n) is 2.45. The second kappa shape index (κ2) is 6.07. The van der Waals surface area contributed by atoms with Crippen molar-refractivity contribution in [3.05, 3.63) is 41.3 Å². The summed E-state index contributed by atoms with van der Waals surface area (Å²) in [6.45, 7) is 0. The number of methoxy groups -OCH3 is 1. The number of benzene rings is 1. The third kappa shape index (κ3) is 3.27. The Bertz CT molecular complexity index is 639. The van der Waals surface area contributed by atoms with Crippen molar-refractivity contribution in [2.45, 2.75) is 0 Å². The number of ether oxygens (including phenoxy) is 1. The number of urea groups is 1. The quantitative estimate of drug-likeness (QED) is 0.808. The molecular weight excluding hydrogens is 280 g/mol. The molecule has 0 saturated carbocycles. The van der Waals surface area contributed by atoms with Crippen LogP contribution in [0.25, 0.3) is 0 Å². The van der Waals surface area contributed by atoms with E-state index >= 15 is 0 Å². The molecule has 2 amide bonds. The summed E-state index contributed by atoms with van der Waals surface area (Å²) in [6.07, 6.45) is 0. The van der Waals surface area contributed by atoms with E-state index in [1.165, 1.54) is 13.2 Å². The van der Waals surface area contributed by atoms with Gasteiger partial charge in [-0.15, -0.1) is 11.3 Å². The van der Waals surface area contributed by atoms with E-state index in [2.05, 4.69) is 10.6 Å². The molecule has 0 unspecified atom stereocenters. The van der Waals surface area contributed by atoms with Gasteiger partial charge in [0.25, 0.3) is 0 Å². The number of carboxylic acids is 1. The summed E-state index contributed by atoms with van der Waals surface area (Å²) in [5, 5.41) is 15.9. The van der Waals surface area contributed by atoms with E-state index in [-0.39, 0.29) is 10.6 Å². The lowest BCUT2D eigenvalue weighted by molar-refractivity contribution is 0.0698. The normalized spacial score (nSPS) is 9.85. The maximum absolute atomic E-state index is 11.8. The number of aromatic carboxylic acids is 1. The van der Waals surface area contributed by atoms with E-state index in [1.807, 2.05) is 0 Å². The zero-order valence-corrected chi connectivity index (χ0v) is 11.4. The summed E-state index contributed by atoms with van der Waals surface area (Å²) < 4.78 is 5.05. The number of hydrogen-bond acceptors (Lipinski definition) is 4. The molecule has 7 heteroatoms. The van der Waals surface area contributed by atoms with Crippen molar-refractivity contribution in [2.24, 2.45) is 0 Å². The highest BCUT2D eigenvalue weighted by molar-refractivity contribution is 7.14. The van der Waals surface area contributed by atoms with Gasteiger partial charge in [0.05, 0.1) is 12.7 Å². The number of rotatable bonds is 4. The van der Waals surface area contributed by atoms with Gasteiger partial charge in [-0.3, -0.25) is 5.32 Å². The Morgan fingerprint density at radius 3 is 2.75 bits per heavy atom. The molecule has 0 radical (unpaired) electrons. The van der Waals surface area contributed by atoms with Crippen LogP contribution in [0.2, 0.25) is 0 Å². The minimum atomic E-state index is -1.08. The summed E-state index contributed by atoms with van der Waals surface area (Å²) in [5.41, 5.74) is 0.617. The molecule has 1 heterocycles. The van der Waals surface area contributed by atoms with Crippen molar-refractivity contribution < 1.29 is 19.4 Å². The van der Waals surface area contributed by atoms with Gasteiger partial charge >= 0.3 is 12.0 Å². The second-order valence-corrected chi connectivity index (χ2v) is 4.70. The van der Waals surface area contributed by atoms with Crippen molar-refractivity contribution in [3.63, 3.8) is 0 Å². The zero-order chi connectivity index (χ0) is 14.5. The number of thiophene rings is 1. The summed E-state index contributed by atoms with van der Waals surface area (Å²) >= 11 is 1.15. The Morgan fingerprint density at radius 1 is 1.25 bits per heavy atom. The Labute approximate surface area is 119 Å². The highest BCUT2D eigenvalue weighted by atomic mass is 32.1. The fraction of sp³-hybridized carbons (Fsp3) is 0.0769. The molecule has 20 heavy (non-hydrogen) atoms. The van der Waals surface area contributed by atoms with E-state index in [0.29, 0.717) is 11.4 Å². The zero-order valence-electron chi connectivity index (χ0n) is 10.5. The smallest absolute Gasteiger partial charge is 0.338 e. The van der Waals surface area contributed by atoms with Crippen molar-refractivity contribution in [1.82, 2.24) is 0 Å². The first-order valence-electron chi connectivity index (χ1n) is 5.63. The average molecular weight is 292 g/mol. The van der Waals surface area contributed by atoms with Crippen LogP contribution in [0.3, 0.4) is 0 Å². The number of hydrogen-bond donors (Lipinski definition) is 3. The second-order valence-electron chi connectivity index (χ2n) is 3.78. The fourth-order valence-corrected chi connectivity index (χ4v) is 2.31. The van der Waals surface area contributed by atoms with Gasteiger partial charge in [-0.25, -0.2) is 9.59 Å². The van der Waals surface area contributed by atoms with Gasteiger partial charge in [-0.05, 0) is 23.6 Å². The summed E-state index contributed by atoms with van der Waals surface area (Å²) in [5.74, 6) is -0.465. The lowest BCUT2D eigenvalue weighted by Crippen LogP contribution is -2.20. The molecule has 104 valence electrons. The first-order valence-corrected chi connectivity index (χ1v) is 6.51. The molecule has 2 aromatic rings. The number of carbonyl (C=O) groups excluding carboxylic acids is 1. The minimum Gasteiger partial charge on any atom is -0.497 e. The van der Waals surface area contributed by atoms with Crippen LogP contribution in [0.5, 0.6) is 5.75 Å².